The Morgan fingerprint density at radius 1 is 1.16 bits per heavy atom. The molecule has 0 bridgehead atoms. The van der Waals surface area contributed by atoms with Crippen LogP contribution in [0.25, 0.3) is 0 Å². The van der Waals surface area contributed by atoms with Gasteiger partial charge in [0.1, 0.15) is 0 Å². The molecule has 0 radical (unpaired) electrons. The number of carbonyl (C=O) groups excluding carboxylic acids is 1. The van der Waals surface area contributed by atoms with Crippen molar-refractivity contribution in [1.29, 1.82) is 0 Å². The highest BCUT2D eigenvalue weighted by Crippen LogP contribution is 2.00. The van der Waals surface area contributed by atoms with Crippen molar-refractivity contribution in [3.8, 4) is 0 Å². The second-order valence-corrected chi connectivity index (χ2v) is 4.06. The summed E-state index contributed by atoms with van der Waals surface area (Å²) in [6, 6.07) is 13.4. The van der Waals surface area contributed by atoms with Gasteiger partial charge < -0.3 is 0 Å². The topological polar surface area (TPSA) is 54.4 Å². The summed E-state index contributed by atoms with van der Waals surface area (Å²) in [6.07, 6.45) is 6.18. The predicted octanol–water partition coefficient (Wildman–Crippen LogP) is 2.16. The van der Waals surface area contributed by atoms with E-state index in [1.165, 1.54) is 0 Å². The summed E-state index contributed by atoms with van der Waals surface area (Å²) in [6.45, 7) is 0. The Labute approximate surface area is 112 Å². The van der Waals surface area contributed by atoms with Crippen LogP contribution < -0.4 is 5.43 Å². The average Bonchev–Trinajstić information content (AvgIpc) is 2.47. The Morgan fingerprint density at radius 3 is 2.63 bits per heavy atom. The molecule has 0 aliphatic heterocycles. The quantitative estimate of drug-likeness (QED) is 0.655. The van der Waals surface area contributed by atoms with Crippen molar-refractivity contribution >= 4 is 12.1 Å². The van der Waals surface area contributed by atoms with Gasteiger partial charge in [-0.2, -0.15) is 5.10 Å². The van der Waals surface area contributed by atoms with Gasteiger partial charge in [-0.1, -0.05) is 30.3 Å². The maximum atomic E-state index is 11.6. The summed E-state index contributed by atoms with van der Waals surface area (Å²) in [5.41, 5.74) is 4.57. The van der Waals surface area contributed by atoms with Crippen LogP contribution in [0.15, 0.2) is 60.0 Å². The lowest BCUT2D eigenvalue weighted by atomic mass is 10.1. The van der Waals surface area contributed by atoms with E-state index in [1.807, 2.05) is 42.5 Å². The number of nitrogens with zero attached hydrogens (tertiary/aromatic N) is 2. The first kappa shape index (κ1) is 13.0. The van der Waals surface area contributed by atoms with Crippen LogP contribution in [-0.4, -0.2) is 17.1 Å². The number of carbonyl (C=O) groups is 1. The zero-order valence-electron chi connectivity index (χ0n) is 10.5. The highest BCUT2D eigenvalue weighted by Gasteiger charge is 2.00. The number of pyridine rings is 1. The smallest absolute Gasteiger partial charge is 0.240 e. The van der Waals surface area contributed by atoms with Crippen LogP contribution in [0.2, 0.25) is 0 Å². The molecular formula is C15H15N3O. The van der Waals surface area contributed by atoms with Crippen molar-refractivity contribution in [1.82, 2.24) is 10.4 Å². The lowest BCUT2D eigenvalue weighted by Crippen LogP contribution is -2.17. The molecule has 96 valence electrons. The highest BCUT2D eigenvalue weighted by molar-refractivity contribution is 5.82. The number of nitrogens with one attached hydrogen (secondary N) is 1. The molecule has 1 heterocycles. The van der Waals surface area contributed by atoms with Crippen molar-refractivity contribution in [3.05, 3.63) is 66.0 Å². The van der Waals surface area contributed by atoms with E-state index in [0.717, 1.165) is 11.1 Å². The third-order valence-corrected chi connectivity index (χ3v) is 2.59. The zero-order valence-corrected chi connectivity index (χ0v) is 10.5. The molecule has 0 spiro atoms. The van der Waals surface area contributed by atoms with E-state index in [9.17, 15) is 4.79 Å². The fourth-order valence-electron chi connectivity index (χ4n) is 1.58. The molecule has 1 N–H and O–H groups in total. The minimum atomic E-state index is -0.0935. The van der Waals surface area contributed by atoms with Gasteiger partial charge in [0, 0.05) is 18.8 Å². The molecule has 1 amide bonds. The van der Waals surface area contributed by atoms with Crippen molar-refractivity contribution in [2.45, 2.75) is 12.8 Å². The van der Waals surface area contributed by atoms with Crippen LogP contribution in [0.1, 0.15) is 17.5 Å². The lowest BCUT2D eigenvalue weighted by molar-refractivity contribution is -0.121. The molecule has 0 saturated carbocycles. The van der Waals surface area contributed by atoms with Gasteiger partial charge in [-0.25, -0.2) is 5.43 Å². The molecule has 19 heavy (non-hydrogen) atoms. The first-order chi connectivity index (χ1) is 9.34. The molecule has 0 aliphatic rings. The van der Waals surface area contributed by atoms with E-state index in [0.29, 0.717) is 12.8 Å². The third-order valence-electron chi connectivity index (χ3n) is 2.59. The summed E-state index contributed by atoms with van der Waals surface area (Å²) >= 11 is 0. The van der Waals surface area contributed by atoms with Gasteiger partial charge in [-0.05, 0) is 29.7 Å². The molecule has 4 heteroatoms. The van der Waals surface area contributed by atoms with E-state index in [4.69, 9.17) is 0 Å². The van der Waals surface area contributed by atoms with Crippen LogP contribution in [0.3, 0.4) is 0 Å². The third kappa shape index (κ3) is 4.71. The van der Waals surface area contributed by atoms with E-state index in [-0.39, 0.29) is 5.91 Å². The first-order valence-corrected chi connectivity index (χ1v) is 6.10. The van der Waals surface area contributed by atoms with Gasteiger partial charge in [-0.15, -0.1) is 0 Å². The summed E-state index contributed by atoms with van der Waals surface area (Å²) < 4.78 is 0. The molecule has 2 rings (SSSR count). The first-order valence-electron chi connectivity index (χ1n) is 6.10. The number of rotatable bonds is 5. The minimum absolute atomic E-state index is 0.0935. The van der Waals surface area contributed by atoms with Crippen molar-refractivity contribution in [2.24, 2.45) is 5.10 Å². The number of aryl methyl sites for hydroxylation is 1. The zero-order chi connectivity index (χ0) is 13.3. The van der Waals surface area contributed by atoms with E-state index >= 15 is 0 Å². The average molecular weight is 253 g/mol. The Hall–Kier alpha value is -2.49. The predicted molar refractivity (Wildman–Crippen MR) is 74.7 cm³/mol. The number of benzene rings is 1. The molecule has 0 atom stereocenters. The number of amides is 1. The highest BCUT2D eigenvalue weighted by atomic mass is 16.2. The monoisotopic (exact) mass is 253 g/mol. The number of hydrazone groups is 1. The maximum Gasteiger partial charge on any atom is 0.240 e. The molecule has 1 aromatic carbocycles. The molecule has 0 unspecified atom stereocenters. The van der Waals surface area contributed by atoms with Gasteiger partial charge in [0.05, 0.1) is 6.21 Å². The van der Waals surface area contributed by atoms with E-state index in [2.05, 4.69) is 15.5 Å². The van der Waals surface area contributed by atoms with Crippen LogP contribution in [0.4, 0.5) is 0 Å². The van der Waals surface area contributed by atoms with Crippen molar-refractivity contribution < 1.29 is 4.79 Å². The van der Waals surface area contributed by atoms with Crippen molar-refractivity contribution in [2.75, 3.05) is 0 Å². The van der Waals surface area contributed by atoms with E-state index < -0.39 is 0 Å². The largest absolute Gasteiger partial charge is 0.273 e. The lowest BCUT2D eigenvalue weighted by Gasteiger charge is -2.00. The summed E-state index contributed by atoms with van der Waals surface area (Å²) in [4.78, 5) is 15.5. The van der Waals surface area contributed by atoms with Crippen LogP contribution in [-0.2, 0) is 11.2 Å². The summed E-state index contributed by atoms with van der Waals surface area (Å²) in [7, 11) is 0. The van der Waals surface area contributed by atoms with Gasteiger partial charge in [-0.3, -0.25) is 9.78 Å². The minimum Gasteiger partial charge on any atom is -0.273 e. The van der Waals surface area contributed by atoms with Crippen molar-refractivity contribution in [3.63, 3.8) is 0 Å². The Balaban J connectivity index is 1.75. The number of hydrogen-bond acceptors (Lipinski definition) is 3. The SMILES string of the molecule is O=C(CCc1ccncc1)N/N=C/c1ccccc1. The summed E-state index contributed by atoms with van der Waals surface area (Å²) in [5.74, 6) is -0.0935. The second-order valence-electron chi connectivity index (χ2n) is 4.06. The molecule has 2 aromatic rings. The second kappa shape index (κ2) is 7.06. The fraction of sp³-hybridized carbons (Fsp3) is 0.133. The molecule has 4 nitrogen and oxygen atoms in total. The summed E-state index contributed by atoms with van der Waals surface area (Å²) in [5, 5.41) is 3.92. The molecule has 0 fully saturated rings. The van der Waals surface area contributed by atoms with Gasteiger partial charge in [0.25, 0.3) is 0 Å². The molecular weight excluding hydrogens is 238 g/mol. The van der Waals surface area contributed by atoms with Crippen LogP contribution in [0.5, 0.6) is 0 Å². The Bertz CT molecular complexity index is 538. The number of hydrogen-bond donors (Lipinski definition) is 1. The van der Waals surface area contributed by atoms with E-state index in [1.54, 1.807) is 18.6 Å². The van der Waals surface area contributed by atoms with Gasteiger partial charge in [0.2, 0.25) is 5.91 Å². The van der Waals surface area contributed by atoms with Crippen LogP contribution >= 0.6 is 0 Å². The molecule has 0 aliphatic carbocycles. The Morgan fingerprint density at radius 2 is 1.89 bits per heavy atom. The normalized spacial score (nSPS) is 10.5. The number of aromatic nitrogens is 1. The van der Waals surface area contributed by atoms with Crippen LogP contribution in [0, 0.1) is 0 Å². The standard InChI is InChI=1S/C15H15N3O/c19-15(7-6-13-8-10-16-11-9-13)18-17-12-14-4-2-1-3-5-14/h1-5,8-12H,6-7H2,(H,18,19)/b17-12+. The molecule has 1 aromatic heterocycles. The maximum absolute atomic E-state index is 11.6. The molecule has 0 saturated heterocycles. The fourth-order valence-corrected chi connectivity index (χ4v) is 1.58. The van der Waals surface area contributed by atoms with Gasteiger partial charge in [0.15, 0.2) is 0 Å². The van der Waals surface area contributed by atoms with Gasteiger partial charge >= 0.3 is 0 Å². The Kier molecular flexibility index (Phi) is 4.81.